The van der Waals surface area contributed by atoms with E-state index in [0.29, 0.717) is 12.5 Å². The first-order valence-corrected chi connectivity index (χ1v) is 10.4. The molecule has 1 fully saturated rings. The molecule has 1 atom stereocenters. The lowest BCUT2D eigenvalue weighted by Crippen LogP contribution is -2.44. The molecule has 27 heavy (non-hydrogen) atoms. The molecule has 3 aromatic rings. The molecular weight excluding hydrogens is 380 g/mol. The van der Waals surface area contributed by atoms with Crippen molar-refractivity contribution in [3.8, 4) is 0 Å². The van der Waals surface area contributed by atoms with Crippen LogP contribution in [0.25, 0.3) is 10.2 Å². The van der Waals surface area contributed by atoms with Gasteiger partial charge in [0, 0.05) is 19.1 Å². The average Bonchev–Trinajstić information content (AvgIpc) is 3.30. The quantitative estimate of drug-likeness (QED) is 0.634. The number of carbonyl (C=O) groups is 1. The van der Waals surface area contributed by atoms with E-state index in [4.69, 9.17) is 4.98 Å². The molecule has 1 aliphatic rings. The van der Waals surface area contributed by atoms with Crippen molar-refractivity contribution >= 4 is 55.8 Å². The molecule has 0 aliphatic carbocycles. The summed E-state index contributed by atoms with van der Waals surface area (Å²) in [6.45, 7) is 6.97. The van der Waals surface area contributed by atoms with Crippen LogP contribution in [0.4, 0.5) is 16.8 Å². The SMILES string of the molecule is C=CC(=O)N1CCC[C@@H](Nc2nc(Nc3cc(C)ns3)nc3sccc23)C1. The third kappa shape index (κ3) is 3.93. The highest BCUT2D eigenvalue weighted by Crippen LogP contribution is 2.29. The number of hydrogen-bond acceptors (Lipinski definition) is 8. The summed E-state index contributed by atoms with van der Waals surface area (Å²) >= 11 is 2.97. The molecule has 0 radical (unpaired) electrons. The Labute approximate surface area is 165 Å². The van der Waals surface area contributed by atoms with Crippen LogP contribution in [-0.2, 0) is 4.79 Å². The number of carbonyl (C=O) groups excluding carboxylic acids is 1. The minimum atomic E-state index is -0.0206. The van der Waals surface area contributed by atoms with Crippen molar-refractivity contribution in [1.29, 1.82) is 0 Å². The number of nitrogens with one attached hydrogen (secondary N) is 2. The lowest BCUT2D eigenvalue weighted by Gasteiger charge is -2.33. The molecule has 1 amide bonds. The van der Waals surface area contributed by atoms with Gasteiger partial charge < -0.3 is 15.5 Å². The van der Waals surface area contributed by atoms with E-state index in [-0.39, 0.29) is 11.9 Å². The van der Waals surface area contributed by atoms with Gasteiger partial charge in [0.25, 0.3) is 0 Å². The summed E-state index contributed by atoms with van der Waals surface area (Å²) in [5.41, 5.74) is 0.965. The van der Waals surface area contributed by atoms with Crippen LogP contribution in [-0.4, -0.2) is 44.3 Å². The van der Waals surface area contributed by atoms with Gasteiger partial charge in [0.1, 0.15) is 15.6 Å². The highest BCUT2D eigenvalue weighted by atomic mass is 32.1. The summed E-state index contributed by atoms with van der Waals surface area (Å²) in [4.78, 5) is 24.0. The molecule has 1 aliphatic heterocycles. The van der Waals surface area contributed by atoms with E-state index in [2.05, 4.69) is 26.6 Å². The predicted octanol–water partition coefficient (Wildman–Crippen LogP) is 3.79. The fraction of sp³-hybridized carbons (Fsp3) is 0.333. The van der Waals surface area contributed by atoms with Crippen LogP contribution in [0.3, 0.4) is 0 Å². The van der Waals surface area contributed by atoms with E-state index in [1.807, 2.05) is 29.3 Å². The van der Waals surface area contributed by atoms with Gasteiger partial charge in [-0.1, -0.05) is 6.58 Å². The van der Waals surface area contributed by atoms with Gasteiger partial charge in [0.15, 0.2) is 0 Å². The molecule has 0 aromatic carbocycles. The van der Waals surface area contributed by atoms with Crippen molar-refractivity contribution < 1.29 is 4.79 Å². The lowest BCUT2D eigenvalue weighted by molar-refractivity contribution is -0.127. The van der Waals surface area contributed by atoms with Crippen LogP contribution in [0.2, 0.25) is 0 Å². The summed E-state index contributed by atoms with van der Waals surface area (Å²) in [6, 6.07) is 4.15. The van der Waals surface area contributed by atoms with Crippen LogP contribution < -0.4 is 10.6 Å². The first-order chi connectivity index (χ1) is 13.1. The summed E-state index contributed by atoms with van der Waals surface area (Å²) in [5, 5.41) is 10.7. The van der Waals surface area contributed by atoms with Gasteiger partial charge in [-0.05, 0) is 54.9 Å². The van der Waals surface area contributed by atoms with E-state index in [9.17, 15) is 4.79 Å². The largest absolute Gasteiger partial charge is 0.365 e. The van der Waals surface area contributed by atoms with E-state index < -0.39 is 0 Å². The highest BCUT2D eigenvalue weighted by Gasteiger charge is 2.23. The molecule has 7 nitrogen and oxygen atoms in total. The van der Waals surface area contributed by atoms with Gasteiger partial charge in [-0.25, -0.2) is 4.98 Å². The topological polar surface area (TPSA) is 83.0 Å². The summed E-state index contributed by atoms with van der Waals surface area (Å²) < 4.78 is 4.28. The second-order valence-electron chi connectivity index (χ2n) is 6.46. The van der Waals surface area contributed by atoms with Crippen molar-refractivity contribution in [3.05, 3.63) is 35.9 Å². The van der Waals surface area contributed by atoms with Crippen molar-refractivity contribution in [1.82, 2.24) is 19.2 Å². The molecule has 0 saturated carbocycles. The van der Waals surface area contributed by atoms with Crippen LogP contribution in [0.1, 0.15) is 18.5 Å². The van der Waals surface area contributed by atoms with Gasteiger partial charge in [-0.15, -0.1) is 11.3 Å². The molecule has 9 heteroatoms. The van der Waals surface area contributed by atoms with E-state index in [0.717, 1.165) is 46.1 Å². The Morgan fingerprint density at radius 1 is 1.44 bits per heavy atom. The molecule has 0 spiro atoms. The number of nitrogens with zero attached hydrogens (tertiary/aromatic N) is 4. The third-order valence-corrected chi connectivity index (χ3v) is 6.04. The zero-order valence-corrected chi connectivity index (χ0v) is 16.6. The fourth-order valence-electron chi connectivity index (χ4n) is 3.17. The number of hydrogen-bond donors (Lipinski definition) is 2. The van der Waals surface area contributed by atoms with Crippen LogP contribution in [0, 0.1) is 6.92 Å². The highest BCUT2D eigenvalue weighted by molar-refractivity contribution is 7.16. The number of aryl methyl sites for hydroxylation is 1. The van der Waals surface area contributed by atoms with Gasteiger partial charge in [0.05, 0.1) is 11.1 Å². The Morgan fingerprint density at radius 2 is 2.33 bits per heavy atom. The summed E-state index contributed by atoms with van der Waals surface area (Å²) in [6.07, 6.45) is 3.33. The third-order valence-electron chi connectivity index (χ3n) is 4.44. The standard InChI is InChI=1S/C18H20N6OS2/c1-3-15(25)24-7-4-5-12(10-24)19-16-13-6-8-26-17(13)22-18(21-16)20-14-9-11(2)23-27-14/h3,6,8-9,12H,1,4-5,7,10H2,2H3,(H2,19,20,21,22)/t12-/m1/s1. The number of anilines is 3. The number of piperidine rings is 1. The zero-order valence-electron chi connectivity index (χ0n) is 14.9. The second kappa shape index (κ2) is 7.61. The number of rotatable bonds is 5. The maximum Gasteiger partial charge on any atom is 0.246 e. The number of amides is 1. The molecule has 4 heterocycles. The maximum absolute atomic E-state index is 11.9. The Bertz CT molecular complexity index is 981. The predicted molar refractivity (Wildman–Crippen MR) is 111 cm³/mol. The van der Waals surface area contributed by atoms with E-state index in [1.165, 1.54) is 17.6 Å². The lowest BCUT2D eigenvalue weighted by atomic mass is 10.1. The molecule has 0 unspecified atom stereocenters. The first-order valence-electron chi connectivity index (χ1n) is 8.76. The Morgan fingerprint density at radius 3 is 3.11 bits per heavy atom. The smallest absolute Gasteiger partial charge is 0.246 e. The van der Waals surface area contributed by atoms with Gasteiger partial charge in [-0.2, -0.15) is 9.36 Å². The summed E-state index contributed by atoms with van der Waals surface area (Å²) in [5.74, 6) is 1.32. The maximum atomic E-state index is 11.9. The molecule has 140 valence electrons. The minimum absolute atomic E-state index is 0.0206. The van der Waals surface area contributed by atoms with Crippen LogP contribution >= 0.6 is 22.9 Å². The first kappa shape index (κ1) is 17.9. The van der Waals surface area contributed by atoms with Gasteiger partial charge >= 0.3 is 0 Å². The average molecular weight is 401 g/mol. The molecule has 0 bridgehead atoms. The fourth-order valence-corrected chi connectivity index (χ4v) is 4.59. The van der Waals surface area contributed by atoms with Gasteiger partial charge in [-0.3, -0.25) is 4.79 Å². The van der Waals surface area contributed by atoms with Crippen molar-refractivity contribution in [2.75, 3.05) is 23.7 Å². The summed E-state index contributed by atoms with van der Waals surface area (Å²) in [7, 11) is 0. The van der Waals surface area contributed by atoms with Gasteiger partial charge in [0.2, 0.25) is 11.9 Å². The Kier molecular flexibility index (Phi) is 5.04. The second-order valence-corrected chi connectivity index (χ2v) is 8.16. The van der Waals surface area contributed by atoms with Crippen molar-refractivity contribution in [2.24, 2.45) is 0 Å². The van der Waals surface area contributed by atoms with E-state index in [1.54, 1.807) is 11.3 Å². The van der Waals surface area contributed by atoms with Crippen LogP contribution in [0.15, 0.2) is 30.2 Å². The molecular formula is C18H20N6OS2. The Hall–Kier alpha value is -2.52. The number of aromatic nitrogens is 3. The van der Waals surface area contributed by atoms with Crippen molar-refractivity contribution in [2.45, 2.75) is 25.8 Å². The molecule has 1 saturated heterocycles. The number of fused-ring (bicyclic) bond motifs is 1. The number of thiophene rings is 1. The van der Waals surface area contributed by atoms with Crippen LogP contribution in [0.5, 0.6) is 0 Å². The molecule has 2 N–H and O–H groups in total. The minimum Gasteiger partial charge on any atom is -0.365 e. The monoisotopic (exact) mass is 400 g/mol. The normalized spacial score (nSPS) is 17.1. The Balaban J connectivity index is 1.57. The number of likely N-dealkylation sites (tertiary alicyclic amines) is 1. The molecule has 4 rings (SSSR count). The zero-order chi connectivity index (χ0) is 18.8. The van der Waals surface area contributed by atoms with E-state index >= 15 is 0 Å². The van der Waals surface area contributed by atoms with Crippen molar-refractivity contribution in [3.63, 3.8) is 0 Å². The molecule has 3 aromatic heterocycles.